The van der Waals surface area contributed by atoms with Crippen molar-refractivity contribution in [3.05, 3.63) is 78.4 Å². The van der Waals surface area contributed by atoms with Gasteiger partial charge in [-0.1, -0.05) is 42.5 Å². The molecule has 0 saturated carbocycles. The quantitative estimate of drug-likeness (QED) is 0.612. The van der Waals surface area contributed by atoms with Crippen LogP contribution in [-0.4, -0.2) is 43.8 Å². The van der Waals surface area contributed by atoms with Gasteiger partial charge in [0.15, 0.2) is 5.82 Å². The van der Waals surface area contributed by atoms with E-state index in [4.69, 9.17) is 0 Å². The fraction of sp³-hybridized carbons (Fsp3) is 0.143. The summed E-state index contributed by atoms with van der Waals surface area (Å²) in [5, 5.41) is 0. The van der Waals surface area contributed by atoms with Crippen LogP contribution in [0.25, 0.3) is 22.4 Å². The average Bonchev–Trinajstić information content (AvgIpc) is 3.11. The molecule has 1 aliphatic rings. The SMILES string of the molecule is O=C(c1cnc(-c2ccccc2)nc1)N1CC(c2nc3ccccc3[nH]2)C1. The van der Waals surface area contributed by atoms with E-state index in [1.54, 1.807) is 17.3 Å². The normalized spacial score (nSPS) is 14.3. The molecule has 5 rings (SSSR count). The summed E-state index contributed by atoms with van der Waals surface area (Å²) < 4.78 is 0. The highest BCUT2D eigenvalue weighted by Gasteiger charge is 2.34. The summed E-state index contributed by atoms with van der Waals surface area (Å²) in [6.45, 7) is 1.30. The summed E-state index contributed by atoms with van der Waals surface area (Å²) in [5.74, 6) is 1.76. The Kier molecular flexibility index (Phi) is 3.67. The lowest BCUT2D eigenvalue weighted by atomic mass is 9.98. The number of rotatable bonds is 3. The lowest BCUT2D eigenvalue weighted by Gasteiger charge is -2.38. The number of carbonyl (C=O) groups excluding carboxylic acids is 1. The maximum absolute atomic E-state index is 12.6. The molecular weight excluding hydrogens is 338 g/mol. The number of likely N-dealkylation sites (tertiary alicyclic amines) is 1. The number of fused-ring (bicyclic) bond motifs is 1. The number of benzene rings is 2. The second-order valence-electron chi connectivity index (χ2n) is 6.71. The van der Waals surface area contributed by atoms with Gasteiger partial charge in [-0.3, -0.25) is 4.79 Å². The highest BCUT2D eigenvalue weighted by atomic mass is 16.2. The molecule has 1 N–H and O–H groups in total. The molecule has 2 aromatic heterocycles. The number of carbonyl (C=O) groups is 1. The molecule has 27 heavy (non-hydrogen) atoms. The van der Waals surface area contributed by atoms with E-state index >= 15 is 0 Å². The number of H-pyrrole nitrogens is 1. The van der Waals surface area contributed by atoms with Crippen molar-refractivity contribution in [2.75, 3.05) is 13.1 Å². The molecule has 4 aromatic rings. The molecule has 132 valence electrons. The smallest absolute Gasteiger partial charge is 0.257 e. The zero-order chi connectivity index (χ0) is 18.2. The third kappa shape index (κ3) is 2.85. The summed E-state index contributed by atoms with van der Waals surface area (Å²) >= 11 is 0. The van der Waals surface area contributed by atoms with Crippen molar-refractivity contribution in [1.82, 2.24) is 24.8 Å². The molecule has 2 aromatic carbocycles. The molecule has 1 aliphatic heterocycles. The molecule has 1 amide bonds. The number of nitrogens with one attached hydrogen (secondary N) is 1. The monoisotopic (exact) mass is 355 g/mol. The van der Waals surface area contributed by atoms with E-state index in [9.17, 15) is 4.79 Å². The summed E-state index contributed by atoms with van der Waals surface area (Å²) in [6.07, 6.45) is 3.21. The van der Waals surface area contributed by atoms with Crippen molar-refractivity contribution in [2.45, 2.75) is 5.92 Å². The Hall–Kier alpha value is -3.54. The predicted molar refractivity (Wildman–Crippen MR) is 102 cm³/mol. The van der Waals surface area contributed by atoms with E-state index < -0.39 is 0 Å². The van der Waals surface area contributed by atoms with Crippen LogP contribution in [0.5, 0.6) is 0 Å². The lowest BCUT2D eigenvalue weighted by molar-refractivity contribution is 0.0595. The number of hydrogen-bond donors (Lipinski definition) is 1. The van der Waals surface area contributed by atoms with Gasteiger partial charge in [-0.15, -0.1) is 0 Å². The molecular formula is C21H17N5O. The van der Waals surface area contributed by atoms with Gasteiger partial charge < -0.3 is 9.88 Å². The topological polar surface area (TPSA) is 74.8 Å². The Morgan fingerprint density at radius 3 is 2.41 bits per heavy atom. The Balaban J connectivity index is 1.27. The van der Waals surface area contributed by atoms with E-state index in [0.29, 0.717) is 24.5 Å². The van der Waals surface area contributed by atoms with Gasteiger partial charge in [-0.2, -0.15) is 0 Å². The van der Waals surface area contributed by atoms with Gasteiger partial charge in [-0.05, 0) is 12.1 Å². The predicted octanol–water partition coefficient (Wildman–Crippen LogP) is 3.26. The van der Waals surface area contributed by atoms with Gasteiger partial charge in [0.05, 0.1) is 22.5 Å². The fourth-order valence-electron chi connectivity index (χ4n) is 3.34. The number of amides is 1. The van der Waals surface area contributed by atoms with Crippen molar-refractivity contribution in [3.63, 3.8) is 0 Å². The first-order valence-corrected chi connectivity index (χ1v) is 8.89. The summed E-state index contributed by atoms with van der Waals surface area (Å²) in [4.78, 5) is 31.1. The largest absolute Gasteiger partial charge is 0.342 e. The third-order valence-electron chi connectivity index (χ3n) is 4.89. The van der Waals surface area contributed by atoms with Crippen molar-refractivity contribution >= 4 is 16.9 Å². The minimum atomic E-state index is -0.0398. The molecule has 0 atom stereocenters. The van der Waals surface area contributed by atoms with E-state index in [1.807, 2.05) is 54.6 Å². The van der Waals surface area contributed by atoms with Gasteiger partial charge >= 0.3 is 0 Å². The zero-order valence-electron chi connectivity index (χ0n) is 14.5. The van der Waals surface area contributed by atoms with E-state index in [-0.39, 0.29) is 11.8 Å². The number of hydrogen-bond acceptors (Lipinski definition) is 4. The van der Waals surface area contributed by atoms with Crippen LogP contribution in [0.15, 0.2) is 67.0 Å². The Bertz CT molecular complexity index is 1070. The van der Waals surface area contributed by atoms with Gasteiger partial charge in [0.2, 0.25) is 0 Å². The number of para-hydroxylation sites is 2. The number of nitrogens with zero attached hydrogens (tertiary/aromatic N) is 4. The van der Waals surface area contributed by atoms with Crippen LogP contribution in [0, 0.1) is 0 Å². The summed E-state index contributed by atoms with van der Waals surface area (Å²) in [7, 11) is 0. The van der Waals surface area contributed by atoms with Crippen LogP contribution in [0.3, 0.4) is 0 Å². The van der Waals surface area contributed by atoms with Gasteiger partial charge in [-0.25, -0.2) is 15.0 Å². The number of aromatic nitrogens is 4. The molecule has 1 fully saturated rings. The molecule has 6 nitrogen and oxygen atoms in total. The minimum absolute atomic E-state index is 0.0398. The van der Waals surface area contributed by atoms with Gasteiger partial charge in [0.25, 0.3) is 5.91 Å². The molecule has 1 saturated heterocycles. The van der Waals surface area contributed by atoms with Crippen LogP contribution in [0.1, 0.15) is 22.1 Å². The second kappa shape index (κ2) is 6.32. The highest BCUT2D eigenvalue weighted by molar-refractivity contribution is 5.94. The second-order valence-corrected chi connectivity index (χ2v) is 6.71. The lowest BCUT2D eigenvalue weighted by Crippen LogP contribution is -2.48. The van der Waals surface area contributed by atoms with Crippen LogP contribution in [0.2, 0.25) is 0 Å². The zero-order valence-corrected chi connectivity index (χ0v) is 14.5. The maximum Gasteiger partial charge on any atom is 0.257 e. The Labute approximate surface area is 155 Å². The Morgan fingerprint density at radius 1 is 0.963 bits per heavy atom. The van der Waals surface area contributed by atoms with Crippen LogP contribution in [0.4, 0.5) is 0 Å². The van der Waals surface area contributed by atoms with Crippen LogP contribution < -0.4 is 0 Å². The first-order valence-electron chi connectivity index (χ1n) is 8.89. The number of imidazole rings is 1. The molecule has 0 radical (unpaired) electrons. The van der Waals surface area contributed by atoms with Crippen molar-refractivity contribution in [1.29, 1.82) is 0 Å². The molecule has 0 unspecified atom stereocenters. The van der Waals surface area contributed by atoms with E-state index in [2.05, 4.69) is 19.9 Å². The fourth-order valence-corrected chi connectivity index (χ4v) is 3.34. The van der Waals surface area contributed by atoms with Crippen LogP contribution in [-0.2, 0) is 0 Å². The first-order chi connectivity index (χ1) is 13.3. The Morgan fingerprint density at radius 2 is 1.67 bits per heavy atom. The molecule has 0 aliphatic carbocycles. The van der Waals surface area contributed by atoms with Crippen LogP contribution >= 0.6 is 0 Å². The van der Waals surface area contributed by atoms with Gasteiger partial charge in [0, 0.05) is 31.0 Å². The van der Waals surface area contributed by atoms with Gasteiger partial charge in [0.1, 0.15) is 5.82 Å². The van der Waals surface area contributed by atoms with E-state index in [0.717, 1.165) is 22.4 Å². The first kappa shape index (κ1) is 15.7. The summed E-state index contributed by atoms with van der Waals surface area (Å²) in [5.41, 5.74) is 3.44. The molecule has 6 heteroatoms. The van der Waals surface area contributed by atoms with Crippen molar-refractivity contribution < 1.29 is 4.79 Å². The molecule has 0 bridgehead atoms. The third-order valence-corrected chi connectivity index (χ3v) is 4.89. The maximum atomic E-state index is 12.6. The standard InChI is InChI=1S/C21H17N5O/c27-21(15-10-22-19(23-11-15)14-6-2-1-3-7-14)26-12-16(13-26)20-24-17-8-4-5-9-18(17)25-20/h1-11,16H,12-13H2,(H,24,25). The highest BCUT2D eigenvalue weighted by Crippen LogP contribution is 2.28. The molecule has 0 spiro atoms. The average molecular weight is 355 g/mol. The van der Waals surface area contributed by atoms with Crippen molar-refractivity contribution in [3.8, 4) is 11.4 Å². The van der Waals surface area contributed by atoms with E-state index in [1.165, 1.54) is 0 Å². The number of aromatic amines is 1. The minimum Gasteiger partial charge on any atom is -0.342 e. The summed E-state index contributed by atoms with van der Waals surface area (Å²) in [6, 6.07) is 17.7. The van der Waals surface area contributed by atoms with Crippen molar-refractivity contribution in [2.24, 2.45) is 0 Å². The molecule has 3 heterocycles.